The number of hydrogen-bond donors (Lipinski definition) is 0. The van der Waals surface area contributed by atoms with Crippen molar-refractivity contribution in [2.75, 3.05) is 6.26 Å². The Hall–Kier alpha value is -2.35. The van der Waals surface area contributed by atoms with Crippen LogP contribution in [0.15, 0.2) is 35.4 Å². The van der Waals surface area contributed by atoms with Crippen molar-refractivity contribution in [1.82, 2.24) is 14.6 Å². The molecule has 0 saturated heterocycles. The van der Waals surface area contributed by atoms with Crippen LogP contribution < -0.4 is 0 Å². The Balaban J connectivity index is 2.35. The second-order valence-corrected chi connectivity index (χ2v) is 7.67. The summed E-state index contributed by atoms with van der Waals surface area (Å²) in [4.78, 5) is 4.10. The van der Waals surface area contributed by atoms with E-state index < -0.39 is 22.0 Å². The van der Waals surface area contributed by atoms with Gasteiger partial charge in [0.25, 0.3) is 6.43 Å². The predicted molar refractivity (Wildman–Crippen MR) is 86.0 cm³/mol. The Morgan fingerprint density at radius 3 is 2.42 bits per heavy atom. The average Bonchev–Trinajstić information content (AvgIpc) is 2.92. The summed E-state index contributed by atoms with van der Waals surface area (Å²) < 4.78 is 51.4. The van der Waals surface area contributed by atoms with Gasteiger partial charge in [0.1, 0.15) is 10.6 Å². The number of halogens is 2. The molecule has 0 radical (unpaired) electrons. The van der Waals surface area contributed by atoms with Crippen LogP contribution in [-0.2, 0) is 9.84 Å². The number of nitrogens with zero attached hydrogens (tertiary/aromatic N) is 3. The van der Waals surface area contributed by atoms with E-state index in [0.29, 0.717) is 5.56 Å². The second-order valence-electron chi connectivity index (χ2n) is 5.68. The number of aromatic nitrogens is 3. The second kappa shape index (κ2) is 5.62. The molecule has 8 heteroatoms. The van der Waals surface area contributed by atoms with Crippen LogP contribution in [-0.4, -0.2) is 29.3 Å². The Kier molecular flexibility index (Phi) is 3.87. The van der Waals surface area contributed by atoms with E-state index in [2.05, 4.69) is 10.1 Å². The lowest BCUT2D eigenvalue weighted by Crippen LogP contribution is -2.04. The molecule has 2 heterocycles. The first kappa shape index (κ1) is 16.5. The van der Waals surface area contributed by atoms with Crippen LogP contribution in [0.1, 0.15) is 23.2 Å². The highest BCUT2D eigenvalue weighted by Gasteiger charge is 2.22. The fourth-order valence-electron chi connectivity index (χ4n) is 2.43. The van der Waals surface area contributed by atoms with Crippen molar-refractivity contribution < 1.29 is 17.2 Å². The number of sulfone groups is 1. The quantitative estimate of drug-likeness (QED) is 0.726. The SMILES string of the molecule is Cc1ccc(-c2cc(C(F)F)n3ncc(S(C)(=O)=O)c3n2)cc1C. The van der Waals surface area contributed by atoms with Gasteiger partial charge in [0.2, 0.25) is 0 Å². The molecule has 0 saturated carbocycles. The van der Waals surface area contributed by atoms with Gasteiger partial charge >= 0.3 is 0 Å². The van der Waals surface area contributed by atoms with Crippen LogP contribution in [0.4, 0.5) is 8.78 Å². The topological polar surface area (TPSA) is 64.3 Å². The Labute approximate surface area is 137 Å². The largest absolute Gasteiger partial charge is 0.280 e. The summed E-state index contributed by atoms with van der Waals surface area (Å²) in [7, 11) is -3.63. The van der Waals surface area contributed by atoms with E-state index in [1.807, 2.05) is 26.0 Å². The maximum absolute atomic E-state index is 13.4. The highest BCUT2D eigenvalue weighted by atomic mass is 32.2. The minimum absolute atomic E-state index is 0.0940. The molecule has 5 nitrogen and oxygen atoms in total. The van der Waals surface area contributed by atoms with Gasteiger partial charge in [-0.25, -0.2) is 26.7 Å². The van der Waals surface area contributed by atoms with E-state index in [0.717, 1.165) is 28.1 Å². The molecule has 0 fully saturated rings. The Morgan fingerprint density at radius 2 is 1.83 bits per heavy atom. The normalized spacial score (nSPS) is 12.2. The fourth-order valence-corrected chi connectivity index (χ4v) is 3.13. The summed E-state index contributed by atoms with van der Waals surface area (Å²) in [5.41, 5.74) is 2.49. The molecule has 0 aliphatic rings. The maximum atomic E-state index is 13.4. The first-order valence-corrected chi connectivity index (χ1v) is 9.02. The lowest BCUT2D eigenvalue weighted by Gasteiger charge is -2.09. The van der Waals surface area contributed by atoms with Crippen molar-refractivity contribution >= 4 is 15.5 Å². The van der Waals surface area contributed by atoms with Crippen molar-refractivity contribution in [2.45, 2.75) is 25.2 Å². The number of alkyl halides is 2. The van der Waals surface area contributed by atoms with Crippen molar-refractivity contribution in [2.24, 2.45) is 0 Å². The summed E-state index contributed by atoms with van der Waals surface area (Å²) in [6, 6.07) is 6.71. The zero-order valence-corrected chi connectivity index (χ0v) is 14.1. The van der Waals surface area contributed by atoms with E-state index in [4.69, 9.17) is 0 Å². The molecule has 1 aromatic carbocycles. The molecule has 0 aliphatic heterocycles. The van der Waals surface area contributed by atoms with Crippen LogP contribution in [0.5, 0.6) is 0 Å². The number of rotatable bonds is 3. The third-order valence-corrected chi connectivity index (χ3v) is 4.98. The van der Waals surface area contributed by atoms with Crippen molar-refractivity contribution in [1.29, 1.82) is 0 Å². The molecule has 0 bridgehead atoms. The number of hydrogen-bond acceptors (Lipinski definition) is 4. The molecule has 0 unspecified atom stereocenters. The third kappa shape index (κ3) is 2.77. The molecule has 0 atom stereocenters. The Morgan fingerprint density at radius 1 is 1.12 bits per heavy atom. The number of fused-ring (bicyclic) bond motifs is 1. The summed E-state index contributed by atoms with van der Waals surface area (Å²) in [6.45, 7) is 3.85. The van der Waals surface area contributed by atoms with Crippen molar-refractivity contribution in [3.8, 4) is 11.3 Å². The molecule has 0 amide bonds. The minimum Gasteiger partial charge on any atom is -0.227 e. The molecular formula is C16H15F2N3O2S. The Bertz CT molecular complexity index is 1040. The lowest BCUT2D eigenvalue weighted by atomic mass is 10.0. The molecule has 0 N–H and O–H groups in total. The average molecular weight is 351 g/mol. The van der Waals surface area contributed by atoms with Crippen molar-refractivity contribution in [3.05, 3.63) is 47.3 Å². The lowest BCUT2D eigenvalue weighted by molar-refractivity contribution is 0.143. The zero-order chi connectivity index (χ0) is 17.6. The van der Waals surface area contributed by atoms with Gasteiger partial charge in [0.05, 0.1) is 11.9 Å². The number of aryl methyl sites for hydroxylation is 2. The van der Waals surface area contributed by atoms with Gasteiger partial charge < -0.3 is 0 Å². The smallest absolute Gasteiger partial charge is 0.227 e. The van der Waals surface area contributed by atoms with E-state index >= 15 is 0 Å². The van der Waals surface area contributed by atoms with Crippen LogP contribution >= 0.6 is 0 Å². The molecule has 3 rings (SSSR count). The summed E-state index contributed by atoms with van der Waals surface area (Å²) in [5.74, 6) is 0. The van der Waals surface area contributed by atoms with Gasteiger partial charge in [-0.2, -0.15) is 5.10 Å². The molecule has 3 aromatic rings. The van der Waals surface area contributed by atoms with Crippen LogP contribution in [0, 0.1) is 13.8 Å². The standard InChI is InChI=1S/C16H15F2N3O2S/c1-9-4-5-11(6-10(9)2)12-7-13(15(17)18)21-16(20-12)14(8-19-21)24(3,22)23/h4-8,15H,1-3H3. The van der Waals surface area contributed by atoms with Crippen LogP contribution in [0.3, 0.4) is 0 Å². The first-order valence-electron chi connectivity index (χ1n) is 7.13. The van der Waals surface area contributed by atoms with Gasteiger partial charge in [-0.1, -0.05) is 12.1 Å². The van der Waals surface area contributed by atoms with Gasteiger partial charge in [0.15, 0.2) is 15.5 Å². The van der Waals surface area contributed by atoms with E-state index in [1.165, 1.54) is 6.07 Å². The van der Waals surface area contributed by atoms with Gasteiger partial charge in [-0.15, -0.1) is 0 Å². The molecule has 24 heavy (non-hydrogen) atoms. The fraction of sp³-hybridized carbons (Fsp3) is 0.250. The maximum Gasteiger partial charge on any atom is 0.280 e. The predicted octanol–water partition coefficient (Wildman–Crippen LogP) is 3.35. The van der Waals surface area contributed by atoms with Gasteiger partial charge in [0, 0.05) is 11.8 Å². The third-order valence-electron chi connectivity index (χ3n) is 3.89. The molecule has 2 aromatic heterocycles. The summed E-state index contributed by atoms with van der Waals surface area (Å²) >= 11 is 0. The van der Waals surface area contributed by atoms with Crippen LogP contribution in [0.25, 0.3) is 16.9 Å². The van der Waals surface area contributed by atoms with E-state index in [1.54, 1.807) is 6.07 Å². The molecule has 0 spiro atoms. The zero-order valence-electron chi connectivity index (χ0n) is 13.3. The molecule has 0 aliphatic carbocycles. The van der Waals surface area contributed by atoms with Gasteiger partial charge in [-0.05, 0) is 37.1 Å². The molecule has 126 valence electrons. The summed E-state index contributed by atoms with van der Waals surface area (Å²) in [6.07, 6.45) is -0.766. The van der Waals surface area contributed by atoms with Crippen molar-refractivity contribution in [3.63, 3.8) is 0 Å². The number of benzene rings is 1. The monoisotopic (exact) mass is 351 g/mol. The first-order chi connectivity index (χ1) is 11.2. The highest BCUT2D eigenvalue weighted by Crippen LogP contribution is 2.28. The highest BCUT2D eigenvalue weighted by molar-refractivity contribution is 7.90. The van der Waals surface area contributed by atoms with E-state index in [9.17, 15) is 17.2 Å². The molecular weight excluding hydrogens is 336 g/mol. The van der Waals surface area contributed by atoms with Gasteiger partial charge in [-0.3, -0.25) is 0 Å². The van der Waals surface area contributed by atoms with E-state index in [-0.39, 0.29) is 16.2 Å². The van der Waals surface area contributed by atoms with Crippen LogP contribution in [0.2, 0.25) is 0 Å². The minimum atomic E-state index is -3.63. The summed E-state index contributed by atoms with van der Waals surface area (Å²) in [5, 5.41) is 3.77.